The van der Waals surface area contributed by atoms with Crippen LogP contribution in [-0.4, -0.2) is 50.7 Å². The lowest BCUT2D eigenvalue weighted by Gasteiger charge is -2.38. The zero-order valence-corrected chi connectivity index (χ0v) is 13.5. The van der Waals surface area contributed by atoms with Crippen molar-refractivity contribution in [3.63, 3.8) is 0 Å². The summed E-state index contributed by atoms with van der Waals surface area (Å²) in [5.74, 6) is 0.960. The Kier molecular flexibility index (Phi) is 8.62. The summed E-state index contributed by atoms with van der Waals surface area (Å²) >= 11 is 0. The van der Waals surface area contributed by atoms with Gasteiger partial charge in [-0.2, -0.15) is 0 Å². The van der Waals surface area contributed by atoms with E-state index in [4.69, 9.17) is 4.74 Å². The van der Waals surface area contributed by atoms with Gasteiger partial charge in [-0.1, -0.05) is 20.8 Å². The van der Waals surface area contributed by atoms with E-state index in [1.54, 1.807) is 7.11 Å². The fourth-order valence-corrected chi connectivity index (χ4v) is 2.48. The largest absolute Gasteiger partial charge is 0.383 e. The molecule has 0 aromatic heterocycles. The van der Waals surface area contributed by atoms with Crippen LogP contribution >= 0.6 is 12.4 Å². The summed E-state index contributed by atoms with van der Waals surface area (Å²) in [7, 11) is 1.67. The van der Waals surface area contributed by atoms with Gasteiger partial charge in [-0.25, -0.2) is 0 Å². The molecule has 0 saturated carbocycles. The summed E-state index contributed by atoms with van der Waals surface area (Å²) in [4.78, 5) is 13.9. The maximum absolute atomic E-state index is 11.9. The minimum Gasteiger partial charge on any atom is -0.383 e. The van der Waals surface area contributed by atoms with E-state index in [1.807, 2.05) is 4.90 Å². The number of amides is 1. The molecule has 4 nitrogen and oxygen atoms in total. The Balaban J connectivity index is 0.00000324. The highest BCUT2D eigenvalue weighted by Crippen LogP contribution is 2.34. The normalized spacial score (nSPS) is 17.2. The second kappa shape index (κ2) is 8.77. The van der Waals surface area contributed by atoms with Crippen LogP contribution in [0.25, 0.3) is 0 Å². The first-order valence-corrected chi connectivity index (χ1v) is 6.92. The summed E-state index contributed by atoms with van der Waals surface area (Å²) in [6.45, 7) is 10.5. The van der Waals surface area contributed by atoms with E-state index in [-0.39, 0.29) is 18.3 Å². The molecule has 1 fully saturated rings. The van der Waals surface area contributed by atoms with E-state index in [0.717, 1.165) is 38.4 Å². The Bertz CT molecular complexity index is 259. The molecule has 0 spiro atoms. The van der Waals surface area contributed by atoms with E-state index >= 15 is 0 Å². The molecule has 1 rings (SSSR count). The van der Waals surface area contributed by atoms with E-state index in [9.17, 15) is 4.79 Å². The zero-order chi connectivity index (χ0) is 13.6. The minimum atomic E-state index is 0. The Labute approximate surface area is 123 Å². The Morgan fingerprint density at radius 3 is 2.37 bits per heavy atom. The number of nitrogens with one attached hydrogen (secondary N) is 1. The standard InChI is InChI=1S/C14H28N2O2.ClH/c1-14(2,3)12-5-8-16(9-6-12)13(17)11-15-7-10-18-4;/h12,15H,5-11H2,1-4H3;1H. The van der Waals surface area contributed by atoms with Crippen LogP contribution < -0.4 is 5.32 Å². The average molecular weight is 293 g/mol. The number of piperidine rings is 1. The molecule has 1 amide bonds. The molecule has 0 atom stereocenters. The van der Waals surface area contributed by atoms with Crippen LogP contribution in [0.3, 0.4) is 0 Å². The fourth-order valence-electron chi connectivity index (χ4n) is 2.48. The summed E-state index contributed by atoms with van der Waals surface area (Å²) in [6, 6.07) is 0. The molecule has 0 aliphatic carbocycles. The van der Waals surface area contributed by atoms with Crippen molar-refractivity contribution in [3.8, 4) is 0 Å². The summed E-state index contributed by atoms with van der Waals surface area (Å²) in [5, 5.41) is 3.11. The summed E-state index contributed by atoms with van der Waals surface area (Å²) in [5.41, 5.74) is 0.367. The van der Waals surface area contributed by atoms with Gasteiger partial charge in [0.05, 0.1) is 13.2 Å². The molecular weight excluding hydrogens is 264 g/mol. The van der Waals surface area contributed by atoms with Crippen molar-refractivity contribution in [2.45, 2.75) is 33.6 Å². The molecule has 19 heavy (non-hydrogen) atoms. The Morgan fingerprint density at radius 1 is 1.32 bits per heavy atom. The number of rotatable bonds is 5. The number of carbonyl (C=O) groups excluding carboxylic acids is 1. The van der Waals surface area contributed by atoms with Gasteiger partial charge in [-0.3, -0.25) is 4.79 Å². The highest BCUT2D eigenvalue weighted by Gasteiger charge is 2.29. The molecule has 0 aromatic carbocycles. The van der Waals surface area contributed by atoms with Crippen molar-refractivity contribution in [2.75, 3.05) is 39.9 Å². The molecule has 0 bridgehead atoms. The van der Waals surface area contributed by atoms with Gasteiger partial charge in [0.2, 0.25) is 5.91 Å². The molecule has 1 N–H and O–H groups in total. The lowest BCUT2D eigenvalue weighted by molar-refractivity contribution is -0.132. The number of carbonyl (C=O) groups is 1. The molecule has 0 aromatic rings. The van der Waals surface area contributed by atoms with E-state index in [2.05, 4.69) is 26.1 Å². The van der Waals surface area contributed by atoms with Crippen molar-refractivity contribution in [3.05, 3.63) is 0 Å². The monoisotopic (exact) mass is 292 g/mol. The first-order valence-electron chi connectivity index (χ1n) is 6.92. The molecule has 0 unspecified atom stereocenters. The highest BCUT2D eigenvalue weighted by atomic mass is 35.5. The van der Waals surface area contributed by atoms with Crippen LogP contribution in [0.15, 0.2) is 0 Å². The molecule has 5 heteroatoms. The van der Waals surface area contributed by atoms with E-state index in [0.29, 0.717) is 18.6 Å². The molecule has 114 valence electrons. The first-order chi connectivity index (χ1) is 8.45. The Hall–Kier alpha value is -0.320. The van der Waals surface area contributed by atoms with E-state index in [1.165, 1.54) is 0 Å². The van der Waals surface area contributed by atoms with Crippen molar-refractivity contribution >= 4 is 18.3 Å². The summed E-state index contributed by atoms with van der Waals surface area (Å²) in [6.07, 6.45) is 2.26. The van der Waals surface area contributed by atoms with Crippen molar-refractivity contribution < 1.29 is 9.53 Å². The van der Waals surface area contributed by atoms with Gasteiger partial charge in [0.1, 0.15) is 0 Å². The number of likely N-dealkylation sites (tertiary alicyclic amines) is 1. The third kappa shape index (κ3) is 6.59. The van der Waals surface area contributed by atoms with Crippen molar-refractivity contribution in [2.24, 2.45) is 11.3 Å². The molecule has 0 radical (unpaired) electrons. The zero-order valence-electron chi connectivity index (χ0n) is 12.7. The fraction of sp³-hybridized carbons (Fsp3) is 0.929. The SMILES string of the molecule is COCCNCC(=O)N1CCC(C(C)(C)C)CC1.Cl. The van der Waals surface area contributed by atoms with Gasteiger partial charge in [-0.15, -0.1) is 12.4 Å². The van der Waals surface area contributed by atoms with Gasteiger partial charge in [0, 0.05) is 26.7 Å². The van der Waals surface area contributed by atoms with E-state index < -0.39 is 0 Å². The number of halogens is 1. The maximum Gasteiger partial charge on any atom is 0.236 e. The topological polar surface area (TPSA) is 41.6 Å². The molecule has 1 aliphatic rings. The van der Waals surface area contributed by atoms with Crippen LogP contribution in [0.5, 0.6) is 0 Å². The maximum atomic E-state index is 11.9. The predicted octanol–water partition coefficient (Wildman–Crippen LogP) is 1.93. The van der Waals surface area contributed by atoms with Gasteiger partial charge in [0.25, 0.3) is 0 Å². The van der Waals surface area contributed by atoms with Gasteiger partial charge < -0.3 is 15.0 Å². The smallest absolute Gasteiger partial charge is 0.236 e. The quantitative estimate of drug-likeness (QED) is 0.787. The summed E-state index contributed by atoms with van der Waals surface area (Å²) < 4.78 is 4.93. The first kappa shape index (κ1) is 18.7. The van der Waals surface area contributed by atoms with Crippen LogP contribution in [0.1, 0.15) is 33.6 Å². The Morgan fingerprint density at radius 2 is 1.89 bits per heavy atom. The van der Waals surface area contributed by atoms with Gasteiger partial charge >= 0.3 is 0 Å². The molecule has 1 aliphatic heterocycles. The van der Waals surface area contributed by atoms with Crippen LogP contribution in [0, 0.1) is 11.3 Å². The van der Waals surface area contributed by atoms with Crippen LogP contribution in [0.4, 0.5) is 0 Å². The highest BCUT2D eigenvalue weighted by molar-refractivity contribution is 5.85. The average Bonchev–Trinajstić information content (AvgIpc) is 2.33. The molecule has 1 heterocycles. The van der Waals surface area contributed by atoms with Crippen molar-refractivity contribution in [1.82, 2.24) is 10.2 Å². The lowest BCUT2D eigenvalue weighted by atomic mass is 9.75. The number of nitrogens with zero attached hydrogens (tertiary/aromatic N) is 1. The van der Waals surface area contributed by atoms with Gasteiger partial charge in [-0.05, 0) is 24.2 Å². The number of hydrogen-bond acceptors (Lipinski definition) is 3. The number of methoxy groups -OCH3 is 1. The van der Waals surface area contributed by atoms with Gasteiger partial charge in [0.15, 0.2) is 0 Å². The second-order valence-corrected chi connectivity index (χ2v) is 6.19. The minimum absolute atomic E-state index is 0. The third-order valence-electron chi connectivity index (χ3n) is 3.83. The molecule has 1 saturated heterocycles. The lowest BCUT2D eigenvalue weighted by Crippen LogP contribution is -2.45. The van der Waals surface area contributed by atoms with Crippen molar-refractivity contribution in [1.29, 1.82) is 0 Å². The number of hydrogen-bond donors (Lipinski definition) is 1. The predicted molar refractivity (Wildman–Crippen MR) is 80.8 cm³/mol. The third-order valence-corrected chi connectivity index (χ3v) is 3.83. The second-order valence-electron chi connectivity index (χ2n) is 6.19. The van der Waals surface area contributed by atoms with Crippen LogP contribution in [0.2, 0.25) is 0 Å². The number of ether oxygens (including phenoxy) is 1. The van der Waals surface area contributed by atoms with Crippen LogP contribution in [-0.2, 0) is 9.53 Å². The molecular formula is C14H29ClN2O2.